The highest BCUT2D eigenvalue weighted by atomic mass is 16.6. The maximum Gasteiger partial charge on any atom is 0.309 e. The molecular formula is C15H27N3O2. The molecule has 5 nitrogen and oxygen atoms in total. The number of nitrogens with zero attached hydrogens (tertiary/aromatic N) is 2. The highest BCUT2D eigenvalue weighted by molar-refractivity contribution is 5.84. The van der Waals surface area contributed by atoms with E-state index in [1.165, 1.54) is 0 Å². The van der Waals surface area contributed by atoms with Gasteiger partial charge in [-0.25, -0.2) is 0 Å². The van der Waals surface area contributed by atoms with E-state index in [9.17, 15) is 4.79 Å². The second-order valence-corrected chi connectivity index (χ2v) is 6.69. The third-order valence-corrected chi connectivity index (χ3v) is 3.67. The molecule has 0 amide bonds. The molecule has 20 heavy (non-hydrogen) atoms. The first-order valence-electron chi connectivity index (χ1n) is 7.66. The molecule has 0 unspecified atom stereocenters. The van der Waals surface area contributed by atoms with E-state index in [1.54, 1.807) is 0 Å². The van der Waals surface area contributed by atoms with E-state index in [4.69, 9.17) is 4.74 Å². The number of carbonyl (C=O) groups is 1. The zero-order valence-electron chi connectivity index (χ0n) is 12.9. The van der Waals surface area contributed by atoms with E-state index in [0.717, 1.165) is 57.8 Å². The fraction of sp³-hybridized carbons (Fsp3) is 0.867. The predicted molar refractivity (Wildman–Crippen MR) is 79.9 cm³/mol. The molecule has 0 bridgehead atoms. The standard InChI is InChI=1S/C15H27N3O2/c1-15(2,3)20-14(19)12-5-9-18(10-6-12)11-13-16-7-4-8-17-13/h12H,4-11H2,1-3H3,(H,16,17). The Morgan fingerprint density at radius 3 is 2.65 bits per heavy atom. The predicted octanol–water partition coefficient (Wildman–Crippen LogP) is 1.43. The summed E-state index contributed by atoms with van der Waals surface area (Å²) in [6, 6.07) is 0. The number of carbonyl (C=O) groups excluding carboxylic acids is 1. The molecule has 0 saturated carbocycles. The third-order valence-electron chi connectivity index (χ3n) is 3.67. The van der Waals surface area contributed by atoms with Crippen molar-refractivity contribution >= 4 is 11.8 Å². The Balaban J connectivity index is 1.74. The molecule has 1 fully saturated rings. The van der Waals surface area contributed by atoms with Gasteiger partial charge >= 0.3 is 5.97 Å². The van der Waals surface area contributed by atoms with Gasteiger partial charge in [-0.3, -0.25) is 14.7 Å². The summed E-state index contributed by atoms with van der Waals surface area (Å²) in [7, 11) is 0. The third kappa shape index (κ3) is 4.78. The Morgan fingerprint density at radius 1 is 1.40 bits per heavy atom. The molecule has 2 aliphatic heterocycles. The Hall–Kier alpha value is -1.10. The monoisotopic (exact) mass is 281 g/mol. The number of piperidine rings is 1. The molecule has 0 aromatic heterocycles. The minimum absolute atomic E-state index is 0.0368. The largest absolute Gasteiger partial charge is 0.460 e. The summed E-state index contributed by atoms with van der Waals surface area (Å²) >= 11 is 0. The fourth-order valence-electron chi connectivity index (χ4n) is 2.61. The normalized spacial score (nSPS) is 22.1. The fourth-order valence-corrected chi connectivity index (χ4v) is 2.61. The van der Waals surface area contributed by atoms with Gasteiger partial charge in [-0.1, -0.05) is 0 Å². The van der Waals surface area contributed by atoms with Crippen molar-refractivity contribution in [3.8, 4) is 0 Å². The first kappa shape index (κ1) is 15.3. The lowest BCUT2D eigenvalue weighted by atomic mass is 9.96. The lowest BCUT2D eigenvalue weighted by Gasteiger charge is -2.33. The van der Waals surface area contributed by atoms with Crippen LogP contribution in [-0.2, 0) is 9.53 Å². The molecule has 1 N–H and O–H groups in total. The van der Waals surface area contributed by atoms with E-state index in [1.807, 2.05) is 20.8 Å². The van der Waals surface area contributed by atoms with E-state index in [0.29, 0.717) is 0 Å². The highest BCUT2D eigenvalue weighted by Gasteiger charge is 2.29. The molecule has 0 atom stereocenters. The van der Waals surface area contributed by atoms with Crippen LogP contribution in [0.3, 0.4) is 0 Å². The second-order valence-electron chi connectivity index (χ2n) is 6.69. The van der Waals surface area contributed by atoms with Crippen LogP contribution in [0.2, 0.25) is 0 Å². The average Bonchev–Trinajstić information content (AvgIpc) is 2.39. The van der Waals surface area contributed by atoms with Crippen molar-refractivity contribution in [2.45, 2.75) is 45.6 Å². The quantitative estimate of drug-likeness (QED) is 0.795. The smallest absolute Gasteiger partial charge is 0.309 e. The molecule has 5 heteroatoms. The van der Waals surface area contributed by atoms with Crippen LogP contribution in [0.15, 0.2) is 4.99 Å². The molecule has 2 rings (SSSR count). The summed E-state index contributed by atoms with van der Waals surface area (Å²) < 4.78 is 5.47. The maximum atomic E-state index is 12.0. The van der Waals surface area contributed by atoms with Crippen molar-refractivity contribution in [1.29, 1.82) is 0 Å². The van der Waals surface area contributed by atoms with Crippen LogP contribution in [0.1, 0.15) is 40.0 Å². The van der Waals surface area contributed by atoms with Crippen LogP contribution >= 0.6 is 0 Å². The topological polar surface area (TPSA) is 53.9 Å². The van der Waals surface area contributed by atoms with Crippen molar-refractivity contribution in [2.75, 3.05) is 32.7 Å². The van der Waals surface area contributed by atoms with Crippen LogP contribution in [0.4, 0.5) is 0 Å². The van der Waals surface area contributed by atoms with Gasteiger partial charge in [0, 0.05) is 13.1 Å². The molecule has 2 aliphatic rings. The van der Waals surface area contributed by atoms with Gasteiger partial charge in [-0.15, -0.1) is 0 Å². The number of amidine groups is 1. The number of rotatable bonds is 3. The average molecular weight is 281 g/mol. The molecular weight excluding hydrogens is 254 g/mol. The summed E-state index contributed by atoms with van der Waals surface area (Å²) in [4.78, 5) is 18.9. The van der Waals surface area contributed by atoms with Crippen molar-refractivity contribution in [3.63, 3.8) is 0 Å². The molecule has 1 saturated heterocycles. The van der Waals surface area contributed by atoms with Gasteiger partial charge in [0.25, 0.3) is 0 Å². The van der Waals surface area contributed by atoms with Gasteiger partial charge in [0.15, 0.2) is 0 Å². The Morgan fingerprint density at radius 2 is 2.10 bits per heavy atom. The Bertz CT molecular complexity index is 366. The number of esters is 1. The second kappa shape index (κ2) is 6.57. The van der Waals surface area contributed by atoms with E-state index in [2.05, 4.69) is 15.2 Å². The van der Waals surface area contributed by atoms with Crippen LogP contribution in [-0.4, -0.2) is 55.0 Å². The molecule has 0 aromatic rings. The number of aliphatic imine (C=N–C) groups is 1. The number of hydrogen-bond donors (Lipinski definition) is 1. The number of nitrogens with one attached hydrogen (secondary N) is 1. The van der Waals surface area contributed by atoms with Gasteiger partial charge in [0.1, 0.15) is 11.4 Å². The highest BCUT2D eigenvalue weighted by Crippen LogP contribution is 2.21. The van der Waals surface area contributed by atoms with Gasteiger partial charge in [-0.05, 0) is 53.1 Å². The Kier molecular flexibility index (Phi) is 5.02. The van der Waals surface area contributed by atoms with Crippen molar-refractivity contribution in [3.05, 3.63) is 0 Å². The molecule has 114 valence electrons. The molecule has 0 aliphatic carbocycles. The van der Waals surface area contributed by atoms with Crippen LogP contribution in [0.5, 0.6) is 0 Å². The SMILES string of the molecule is CC(C)(C)OC(=O)C1CCN(CC2=NCCCN2)CC1. The van der Waals surface area contributed by atoms with Crippen molar-refractivity contribution in [1.82, 2.24) is 10.2 Å². The van der Waals surface area contributed by atoms with Gasteiger partial charge < -0.3 is 10.1 Å². The molecule has 2 heterocycles. The lowest BCUT2D eigenvalue weighted by Crippen LogP contribution is -2.44. The molecule has 0 aromatic carbocycles. The summed E-state index contributed by atoms with van der Waals surface area (Å²) in [6.07, 6.45) is 2.91. The Labute approximate surface area is 121 Å². The summed E-state index contributed by atoms with van der Waals surface area (Å²) in [5, 5.41) is 3.35. The van der Waals surface area contributed by atoms with E-state index in [-0.39, 0.29) is 17.5 Å². The van der Waals surface area contributed by atoms with Gasteiger partial charge in [0.05, 0.1) is 12.5 Å². The summed E-state index contributed by atoms with van der Waals surface area (Å²) in [5.74, 6) is 1.13. The maximum absolute atomic E-state index is 12.0. The zero-order chi connectivity index (χ0) is 14.6. The van der Waals surface area contributed by atoms with Crippen molar-refractivity contribution in [2.24, 2.45) is 10.9 Å². The van der Waals surface area contributed by atoms with Gasteiger partial charge in [-0.2, -0.15) is 0 Å². The number of ether oxygens (including phenoxy) is 1. The zero-order valence-corrected chi connectivity index (χ0v) is 12.9. The van der Waals surface area contributed by atoms with Crippen LogP contribution < -0.4 is 5.32 Å². The molecule has 0 spiro atoms. The number of likely N-dealkylation sites (tertiary alicyclic amines) is 1. The summed E-state index contributed by atoms with van der Waals surface area (Å²) in [6.45, 7) is 10.5. The van der Waals surface area contributed by atoms with Crippen LogP contribution in [0.25, 0.3) is 0 Å². The minimum atomic E-state index is -0.380. The van der Waals surface area contributed by atoms with Crippen molar-refractivity contribution < 1.29 is 9.53 Å². The summed E-state index contributed by atoms with van der Waals surface area (Å²) in [5.41, 5.74) is -0.380. The van der Waals surface area contributed by atoms with E-state index >= 15 is 0 Å². The number of hydrogen-bond acceptors (Lipinski definition) is 5. The molecule has 0 radical (unpaired) electrons. The van der Waals surface area contributed by atoms with Gasteiger partial charge in [0.2, 0.25) is 0 Å². The first-order chi connectivity index (χ1) is 9.44. The minimum Gasteiger partial charge on any atom is -0.460 e. The lowest BCUT2D eigenvalue weighted by molar-refractivity contribution is -0.161. The van der Waals surface area contributed by atoms with Crippen LogP contribution in [0, 0.1) is 5.92 Å². The van der Waals surface area contributed by atoms with E-state index < -0.39 is 0 Å². The first-order valence-corrected chi connectivity index (χ1v) is 7.66.